The van der Waals surface area contributed by atoms with E-state index in [-0.39, 0.29) is 5.75 Å². The van der Waals surface area contributed by atoms with Crippen LogP contribution < -0.4 is 4.89 Å². The predicted molar refractivity (Wildman–Crippen MR) is 42.7 cm³/mol. The SMILES string of the molecule is Oc1ccc2c(c1)CC=COO2. The van der Waals surface area contributed by atoms with Gasteiger partial charge >= 0.3 is 0 Å². The highest BCUT2D eigenvalue weighted by atomic mass is 17.2. The van der Waals surface area contributed by atoms with E-state index in [9.17, 15) is 0 Å². The Morgan fingerprint density at radius 1 is 1.33 bits per heavy atom. The van der Waals surface area contributed by atoms with Gasteiger partial charge in [0.1, 0.15) is 12.0 Å². The molecule has 1 aromatic carbocycles. The number of phenols is 1. The molecule has 0 saturated carbocycles. The average molecular weight is 164 g/mol. The highest BCUT2D eigenvalue weighted by Gasteiger charge is 2.06. The number of hydrogen-bond donors (Lipinski definition) is 1. The largest absolute Gasteiger partial charge is 0.508 e. The average Bonchev–Trinajstić information content (AvgIpc) is 2.28. The Labute approximate surface area is 69.8 Å². The number of aromatic hydroxyl groups is 1. The Morgan fingerprint density at radius 2 is 2.25 bits per heavy atom. The first-order valence-corrected chi connectivity index (χ1v) is 3.66. The van der Waals surface area contributed by atoms with Gasteiger partial charge in [0.25, 0.3) is 0 Å². The smallest absolute Gasteiger partial charge is 0.182 e. The third-order valence-electron chi connectivity index (χ3n) is 1.67. The van der Waals surface area contributed by atoms with Crippen molar-refractivity contribution in [3.05, 3.63) is 36.1 Å². The van der Waals surface area contributed by atoms with Gasteiger partial charge in [-0.1, -0.05) is 0 Å². The quantitative estimate of drug-likeness (QED) is 0.594. The molecule has 62 valence electrons. The van der Waals surface area contributed by atoms with Crippen molar-refractivity contribution < 1.29 is 14.9 Å². The summed E-state index contributed by atoms with van der Waals surface area (Å²) in [4.78, 5) is 9.60. The standard InChI is InChI=1S/C9H8O3/c10-8-3-4-9-7(6-8)2-1-5-11-12-9/h1,3-6,10H,2H2. The van der Waals surface area contributed by atoms with E-state index in [4.69, 9.17) is 14.9 Å². The third-order valence-corrected chi connectivity index (χ3v) is 1.67. The van der Waals surface area contributed by atoms with Gasteiger partial charge in [0.15, 0.2) is 5.75 Å². The predicted octanol–water partition coefficient (Wildman–Crippen LogP) is 1.77. The van der Waals surface area contributed by atoms with Crippen LogP contribution in [0.4, 0.5) is 0 Å². The highest BCUT2D eigenvalue weighted by Crippen LogP contribution is 2.25. The monoisotopic (exact) mass is 164 g/mol. The first-order chi connectivity index (χ1) is 5.86. The van der Waals surface area contributed by atoms with Gasteiger partial charge in [-0.3, -0.25) is 9.78 Å². The van der Waals surface area contributed by atoms with Crippen LogP contribution in [-0.2, 0) is 11.3 Å². The summed E-state index contributed by atoms with van der Waals surface area (Å²) in [7, 11) is 0. The maximum absolute atomic E-state index is 9.16. The molecule has 0 amide bonds. The lowest BCUT2D eigenvalue weighted by Crippen LogP contribution is -1.90. The molecule has 0 bridgehead atoms. The highest BCUT2D eigenvalue weighted by molar-refractivity contribution is 5.40. The summed E-state index contributed by atoms with van der Waals surface area (Å²) >= 11 is 0. The van der Waals surface area contributed by atoms with Crippen LogP contribution in [0.5, 0.6) is 11.5 Å². The van der Waals surface area contributed by atoms with Gasteiger partial charge in [0.05, 0.1) is 0 Å². The number of allylic oxidation sites excluding steroid dienone is 1. The summed E-state index contributed by atoms with van der Waals surface area (Å²) in [5.74, 6) is 0.894. The second kappa shape index (κ2) is 2.77. The van der Waals surface area contributed by atoms with Gasteiger partial charge in [-0.15, -0.1) is 0 Å². The Kier molecular flexibility index (Phi) is 1.63. The van der Waals surface area contributed by atoms with Crippen LogP contribution in [0.15, 0.2) is 30.5 Å². The van der Waals surface area contributed by atoms with Crippen molar-refractivity contribution in [2.45, 2.75) is 6.42 Å². The number of hydrogen-bond acceptors (Lipinski definition) is 3. The molecule has 0 fully saturated rings. The van der Waals surface area contributed by atoms with E-state index in [2.05, 4.69) is 0 Å². The topological polar surface area (TPSA) is 38.7 Å². The van der Waals surface area contributed by atoms with Gasteiger partial charge in [-0.25, -0.2) is 0 Å². The lowest BCUT2D eigenvalue weighted by molar-refractivity contribution is -0.148. The van der Waals surface area contributed by atoms with Crippen molar-refractivity contribution in [2.75, 3.05) is 0 Å². The zero-order chi connectivity index (χ0) is 8.39. The Balaban J connectivity index is 2.42. The van der Waals surface area contributed by atoms with Crippen molar-refractivity contribution in [3.8, 4) is 11.5 Å². The van der Waals surface area contributed by atoms with Crippen LogP contribution in [0.1, 0.15) is 5.56 Å². The molecule has 1 N–H and O–H groups in total. The van der Waals surface area contributed by atoms with Crippen molar-refractivity contribution in [1.82, 2.24) is 0 Å². The fraction of sp³-hybridized carbons (Fsp3) is 0.111. The van der Waals surface area contributed by atoms with Crippen LogP contribution >= 0.6 is 0 Å². The molecule has 1 aliphatic rings. The number of phenolic OH excluding ortho intramolecular Hbond substituents is 1. The van der Waals surface area contributed by atoms with E-state index in [1.165, 1.54) is 6.26 Å². The van der Waals surface area contributed by atoms with E-state index < -0.39 is 0 Å². The molecule has 3 nitrogen and oxygen atoms in total. The van der Waals surface area contributed by atoms with Crippen molar-refractivity contribution >= 4 is 0 Å². The molecule has 1 heterocycles. The second-order valence-corrected chi connectivity index (χ2v) is 2.55. The molecule has 0 aromatic heterocycles. The zero-order valence-corrected chi connectivity index (χ0v) is 6.36. The minimum Gasteiger partial charge on any atom is -0.508 e. The van der Waals surface area contributed by atoms with Gasteiger partial charge in [-0.05, 0) is 30.7 Å². The van der Waals surface area contributed by atoms with E-state index in [0.29, 0.717) is 12.2 Å². The fourth-order valence-corrected chi connectivity index (χ4v) is 1.10. The van der Waals surface area contributed by atoms with Crippen LogP contribution in [0.25, 0.3) is 0 Å². The summed E-state index contributed by atoms with van der Waals surface area (Å²) in [6.07, 6.45) is 4.02. The molecule has 1 aromatic rings. The molecule has 12 heavy (non-hydrogen) atoms. The minimum atomic E-state index is 0.243. The van der Waals surface area contributed by atoms with Crippen LogP contribution in [0.2, 0.25) is 0 Å². The summed E-state index contributed by atoms with van der Waals surface area (Å²) in [5.41, 5.74) is 0.920. The maximum Gasteiger partial charge on any atom is 0.182 e. The van der Waals surface area contributed by atoms with Crippen molar-refractivity contribution in [3.63, 3.8) is 0 Å². The lowest BCUT2D eigenvalue weighted by atomic mass is 10.1. The van der Waals surface area contributed by atoms with Crippen LogP contribution in [0.3, 0.4) is 0 Å². The Morgan fingerprint density at radius 3 is 3.17 bits per heavy atom. The molecule has 0 aliphatic carbocycles. The number of benzene rings is 1. The molecule has 0 saturated heterocycles. The molecular weight excluding hydrogens is 156 g/mol. The molecule has 1 aliphatic heterocycles. The van der Waals surface area contributed by atoms with Gasteiger partial charge < -0.3 is 5.11 Å². The van der Waals surface area contributed by atoms with Gasteiger partial charge in [0, 0.05) is 5.56 Å². The van der Waals surface area contributed by atoms with E-state index >= 15 is 0 Å². The molecule has 0 radical (unpaired) electrons. The zero-order valence-electron chi connectivity index (χ0n) is 6.36. The fourth-order valence-electron chi connectivity index (χ4n) is 1.10. The van der Waals surface area contributed by atoms with Crippen molar-refractivity contribution in [2.24, 2.45) is 0 Å². The minimum absolute atomic E-state index is 0.243. The van der Waals surface area contributed by atoms with Gasteiger partial charge in [0.2, 0.25) is 0 Å². The summed E-state index contributed by atoms with van der Waals surface area (Å²) in [6, 6.07) is 4.90. The summed E-state index contributed by atoms with van der Waals surface area (Å²) in [6.45, 7) is 0. The van der Waals surface area contributed by atoms with E-state index in [1.807, 2.05) is 6.08 Å². The van der Waals surface area contributed by atoms with Crippen LogP contribution in [0, 0.1) is 0 Å². The van der Waals surface area contributed by atoms with E-state index in [1.54, 1.807) is 18.2 Å². The third kappa shape index (κ3) is 1.21. The normalized spacial score (nSPS) is 14.0. The maximum atomic E-state index is 9.16. The number of fused-ring (bicyclic) bond motifs is 1. The summed E-state index contributed by atoms with van der Waals surface area (Å²) < 4.78 is 0. The van der Waals surface area contributed by atoms with Gasteiger partial charge in [-0.2, -0.15) is 0 Å². The number of rotatable bonds is 0. The first-order valence-electron chi connectivity index (χ1n) is 3.66. The summed E-state index contributed by atoms with van der Waals surface area (Å²) in [5, 5.41) is 9.16. The molecule has 0 unspecified atom stereocenters. The van der Waals surface area contributed by atoms with Crippen LogP contribution in [-0.4, -0.2) is 5.11 Å². The Bertz CT molecular complexity index is 318. The molecular formula is C9H8O3. The molecule has 2 rings (SSSR count). The second-order valence-electron chi connectivity index (χ2n) is 2.55. The van der Waals surface area contributed by atoms with Crippen molar-refractivity contribution in [1.29, 1.82) is 0 Å². The molecule has 0 spiro atoms. The first kappa shape index (κ1) is 7.03. The lowest BCUT2D eigenvalue weighted by Gasteiger charge is -2.03. The molecule has 3 heteroatoms. The van der Waals surface area contributed by atoms with E-state index in [0.717, 1.165) is 5.56 Å². The Hall–Kier alpha value is -1.64. The molecule has 0 atom stereocenters.